The summed E-state index contributed by atoms with van der Waals surface area (Å²) in [6.07, 6.45) is 10.3. The lowest BCUT2D eigenvalue weighted by molar-refractivity contribution is 0.0884. The molecule has 14 nitrogen and oxygen atoms in total. The molecule has 5 heterocycles. The van der Waals surface area contributed by atoms with Gasteiger partial charge in [-0.05, 0) is 70.4 Å². The maximum Gasteiger partial charge on any atom is 0.255 e. The molecule has 0 saturated heterocycles. The Morgan fingerprint density at radius 1 is 0.918 bits per heavy atom. The Balaban J connectivity index is 0.000000221. The minimum Gasteiger partial charge on any atom is -0.361 e. The fourth-order valence-electron chi connectivity index (χ4n) is 4.53. The Morgan fingerprint density at radius 2 is 1.59 bits per heavy atom. The van der Waals surface area contributed by atoms with Crippen LogP contribution in [0.15, 0.2) is 41.8 Å². The van der Waals surface area contributed by atoms with Crippen molar-refractivity contribution >= 4 is 69.7 Å². The number of amides is 2. The Labute approximate surface area is 296 Å². The van der Waals surface area contributed by atoms with Crippen LogP contribution >= 0.6 is 15.9 Å². The maximum absolute atomic E-state index is 12.6. The second-order valence-electron chi connectivity index (χ2n) is 15.0. The number of hydrogen-bond acceptors (Lipinski definition) is 9. The summed E-state index contributed by atoms with van der Waals surface area (Å²) in [6.45, 7) is 22.5. The van der Waals surface area contributed by atoms with E-state index in [1.807, 2.05) is 63.9 Å². The van der Waals surface area contributed by atoms with Gasteiger partial charge in [-0.3, -0.25) is 14.3 Å². The number of rotatable bonds is 10. The maximum atomic E-state index is 12.6. The summed E-state index contributed by atoms with van der Waals surface area (Å²) in [5.74, 6) is 0.215. The van der Waals surface area contributed by atoms with E-state index >= 15 is 0 Å². The lowest BCUT2D eigenvalue weighted by Gasteiger charge is -2.20. The van der Waals surface area contributed by atoms with Gasteiger partial charge in [0.2, 0.25) is 0 Å². The van der Waals surface area contributed by atoms with Gasteiger partial charge < -0.3 is 30.2 Å². The van der Waals surface area contributed by atoms with Gasteiger partial charge in [-0.2, -0.15) is 5.10 Å². The third kappa shape index (κ3) is 10.9. The van der Waals surface area contributed by atoms with Crippen LogP contribution in [0.2, 0.25) is 25.7 Å². The smallest absolute Gasteiger partial charge is 0.255 e. The molecule has 0 aromatic carbocycles. The average Bonchev–Trinajstić information content (AvgIpc) is 3.70. The van der Waals surface area contributed by atoms with Gasteiger partial charge in [0.05, 0.1) is 35.4 Å². The number of nitrogens with one attached hydrogen (secondary N) is 4. The molecule has 264 valence electrons. The number of anilines is 2. The molecule has 4 N–H and O–H groups in total. The minimum atomic E-state index is -1.13. The molecule has 2 amide bonds. The van der Waals surface area contributed by atoms with Crippen molar-refractivity contribution < 1.29 is 14.3 Å². The highest BCUT2D eigenvalue weighted by atomic mass is 79.9. The molecule has 16 heteroatoms. The topological polar surface area (TPSA) is 170 Å². The second kappa shape index (κ2) is 15.2. The molecule has 5 aromatic heterocycles. The van der Waals surface area contributed by atoms with Crippen LogP contribution in [0.4, 0.5) is 11.5 Å². The van der Waals surface area contributed by atoms with Gasteiger partial charge in [-0.15, -0.1) is 0 Å². The largest absolute Gasteiger partial charge is 0.361 e. The Morgan fingerprint density at radius 3 is 2.20 bits per heavy atom. The van der Waals surface area contributed by atoms with Crippen molar-refractivity contribution in [2.75, 3.05) is 11.9 Å². The van der Waals surface area contributed by atoms with Crippen LogP contribution in [-0.2, 0) is 18.0 Å². The van der Waals surface area contributed by atoms with Crippen LogP contribution in [0.25, 0.3) is 22.3 Å². The van der Waals surface area contributed by atoms with Crippen LogP contribution < -0.4 is 16.0 Å². The molecular formula is C33H48BrN11O3Si. The quantitative estimate of drug-likeness (QED) is 0.0921. The predicted octanol–water partition coefficient (Wildman–Crippen LogP) is 6.48. The van der Waals surface area contributed by atoms with Gasteiger partial charge in [0.15, 0.2) is 11.3 Å². The highest BCUT2D eigenvalue weighted by Crippen LogP contribution is 2.22. The third-order valence-corrected chi connectivity index (χ3v) is 8.93. The zero-order valence-corrected chi connectivity index (χ0v) is 32.6. The number of H-pyrrole nitrogens is 1. The first-order chi connectivity index (χ1) is 22.8. The molecule has 0 atom stereocenters. The Bertz CT molecular complexity index is 1910. The molecule has 49 heavy (non-hydrogen) atoms. The summed E-state index contributed by atoms with van der Waals surface area (Å²) in [7, 11) is -1.13. The second-order valence-corrected chi connectivity index (χ2v) is 21.4. The fourth-order valence-corrected chi connectivity index (χ4v) is 5.56. The first kappa shape index (κ1) is 37.7. The molecule has 0 saturated carbocycles. The molecule has 0 aliphatic rings. The van der Waals surface area contributed by atoms with E-state index in [-0.39, 0.29) is 22.9 Å². The van der Waals surface area contributed by atoms with Crippen LogP contribution in [0, 0.1) is 0 Å². The molecule has 5 aromatic rings. The van der Waals surface area contributed by atoms with Crippen molar-refractivity contribution in [1.82, 2.24) is 49.9 Å². The summed E-state index contributed by atoms with van der Waals surface area (Å²) >= 11 is 3.33. The van der Waals surface area contributed by atoms with Crippen molar-refractivity contribution in [3.63, 3.8) is 0 Å². The van der Waals surface area contributed by atoms with Gasteiger partial charge in [0, 0.05) is 50.9 Å². The lowest BCUT2D eigenvalue weighted by atomic mass is 10.1. The molecule has 0 aliphatic heterocycles. The van der Waals surface area contributed by atoms with Crippen molar-refractivity contribution in [1.29, 1.82) is 0 Å². The number of aromatic amines is 1. The zero-order chi connectivity index (χ0) is 36.1. The fraction of sp³-hybridized carbons (Fsp3) is 0.485. The van der Waals surface area contributed by atoms with E-state index in [1.54, 1.807) is 31.0 Å². The number of fused-ring (bicyclic) bond motifs is 2. The van der Waals surface area contributed by atoms with Crippen molar-refractivity contribution in [3.05, 3.63) is 52.9 Å². The van der Waals surface area contributed by atoms with Crippen LogP contribution in [0.1, 0.15) is 69.2 Å². The molecule has 0 fully saturated rings. The van der Waals surface area contributed by atoms with Crippen molar-refractivity contribution in [2.45, 2.75) is 98.5 Å². The van der Waals surface area contributed by atoms with Crippen LogP contribution in [0.3, 0.4) is 0 Å². The first-order valence-electron chi connectivity index (χ1n) is 16.2. The molecular weight excluding hydrogens is 706 g/mol. The summed E-state index contributed by atoms with van der Waals surface area (Å²) in [6, 6.07) is 1.10. The minimum absolute atomic E-state index is 0.161. The van der Waals surface area contributed by atoms with E-state index in [0.717, 1.165) is 18.3 Å². The van der Waals surface area contributed by atoms with E-state index in [4.69, 9.17) is 4.74 Å². The highest BCUT2D eigenvalue weighted by Gasteiger charge is 2.23. The monoisotopic (exact) mass is 753 g/mol. The number of aromatic nitrogens is 8. The van der Waals surface area contributed by atoms with Gasteiger partial charge in [0.25, 0.3) is 11.8 Å². The number of ether oxygens (including phenoxy) is 1. The lowest BCUT2D eigenvalue weighted by Crippen LogP contribution is -2.40. The number of halogens is 1. The summed E-state index contributed by atoms with van der Waals surface area (Å²) < 4.78 is 10.1. The Hall–Kier alpha value is -4.15. The van der Waals surface area contributed by atoms with Gasteiger partial charge in [0.1, 0.15) is 28.2 Å². The molecule has 0 unspecified atom stereocenters. The summed E-state index contributed by atoms with van der Waals surface area (Å²) in [4.78, 5) is 45.7. The van der Waals surface area contributed by atoms with E-state index in [1.165, 1.54) is 0 Å². The van der Waals surface area contributed by atoms with E-state index in [0.29, 0.717) is 57.2 Å². The van der Waals surface area contributed by atoms with Crippen molar-refractivity contribution in [2.24, 2.45) is 0 Å². The average molecular weight is 755 g/mol. The predicted molar refractivity (Wildman–Crippen MR) is 199 cm³/mol. The Kier molecular flexibility index (Phi) is 11.7. The third-order valence-electron chi connectivity index (χ3n) is 6.84. The van der Waals surface area contributed by atoms with Gasteiger partial charge in [-0.25, -0.2) is 19.9 Å². The standard InChI is InChI=1S/C17H27BrN4O2Si.C16H21N7O/c1-17(2,3)21-16(23)12-10-22(11-24-7-8-25(4,5)6)15-14(12)20-13(18)9-19-15;1-5-23-9-10(6-19-23)20-12-8-18-14-13(21-12)11(7-17-14)15(24)22-16(2,3)4/h9-10H,7-8,11H2,1-6H3,(H,21,23);6-9H,5H2,1-4H3,(H,17,18)(H,20,21)(H,22,24). The van der Waals surface area contributed by atoms with E-state index < -0.39 is 8.07 Å². The first-order valence-corrected chi connectivity index (χ1v) is 20.7. The summed E-state index contributed by atoms with van der Waals surface area (Å²) in [5.41, 5.74) is 3.49. The van der Waals surface area contributed by atoms with E-state index in [9.17, 15) is 9.59 Å². The van der Waals surface area contributed by atoms with Crippen LogP contribution in [-0.4, -0.2) is 76.8 Å². The van der Waals surface area contributed by atoms with E-state index in [2.05, 4.69) is 81.5 Å². The van der Waals surface area contributed by atoms with Crippen molar-refractivity contribution in [3.8, 4) is 0 Å². The van der Waals surface area contributed by atoms with Gasteiger partial charge in [-0.1, -0.05) is 19.6 Å². The number of carbonyl (C=O) groups is 2. The zero-order valence-electron chi connectivity index (χ0n) is 30.0. The number of nitrogens with zero attached hydrogens (tertiary/aromatic N) is 7. The number of hydrogen-bond donors (Lipinski definition) is 4. The molecule has 0 aliphatic carbocycles. The summed E-state index contributed by atoms with van der Waals surface area (Å²) in [5, 5.41) is 13.3. The van der Waals surface area contributed by atoms with Crippen LogP contribution in [0.5, 0.6) is 0 Å². The van der Waals surface area contributed by atoms with Gasteiger partial charge >= 0.3 is 0 Å². The molecule has 0 spiro atoms. The molecule has 0 radical (unpaired) electrons. The molecule has 0 bridgehead atoms. The number of carbonyl (C=O) groups excluding carboxylic acids is 2. The normalized spacial score (nSPS) is 12.1. The molecule has 5 rings (SSSR count). The SMILES string of the molecule is CC(C)(C)NC(=O)c1cn(COCC[Si](C)(C)C)c2ncc(Br)nc12.CCn1cc(Nc2cnc3[nH]cc(C(=O)NC(C)(C)C)c3n2)cn1. The highest BCUT2D eigenvalue weighted by molar-refractivity contribution is 9.10. The number of aryl methyl sites for hydroxylation is 1.